The van der Waals surface area contributed by atoms with Crippen LogP contribution in [0.25, 0.3) is 0 Å². The summed E-state index contributed by atoms with van der Waals surface area (Å²) in [6.07, 6.45) is 8.41. The molecule has 5 heteroatoms. The minimum absolute atomic E-state index is 0.347. The van der Waals surface area contributed by atoms with Crippen molar-refractivity contribution in [2.24, 2.45) is 4.99 Å². The lowest BCUT2D eigenvalue weighted by molar-refractivity contribution is 0.148. The molecule has 5 nitrogen and oxygen atoms in total. The fraction of sp³-hybridized carbons (Fsp3) is 0.647. The lowest BCUT2D eigenvalue weighted by atomic mass is 9.98. The van der Waals surface area contributed by atoms with Gasteiger partial charge in [-0.2, -0.15) is 0 Å². The number of hydrogen-bond acceptors (Lipinski definition) is 3. The van der Waals surface area contributed by atoms with E-state index in [9.17, 15) is 0 Å². The molecule has 0 aliphatic heterocycles. The van der Waals surface area contributed by atoms with E-state index in [-0.39, 0.29) is 0 Å². The first-order chi connectivity index (χ1) is 10.7. The number of rotatable bonds is 5. The molecular formula is C17H28N4O. The van der Waals surface area contributed by atoms with Crippen LogP contribution in [0.3, 0.4) is 0 Å². The quantitative estimate of drug-likeness (QED) is 0.649. The first-order valence-electron chi connectivity index (χ1n) is 8.26. The van der Waals surface area contributed by atoms with Crippen molar-refractivity contribution in [1.29, 1.82) is 0 Å². The molecule has 2 N–H and O–H groups in total. The van der Waals surface area contributed by atoms with Gasteiger partial charge >= 0.3 is 0 Å². The van der Waals surface area contributed by atoms with E-state index in [1.165, 1.54) is 19.3 Å². The monoisotopic (exact) mass is 304 g/mol. The summed E-state index contributed by atoms with van der Waals surface area (Å²) in [5.41, 5.74) is 1.11. The fourth-order valence-electron chi connectivity index (χ4n) is 2.59. The Morgan fingerprint density at radius 1 is 1.32 bits per heavy atom. The van der Waals surface area contributed by atoms with Crippen LogP contribution in [0.1, 0.15) is 51.5 Å². The van der Waals surface area contributed by atoms with E-state index < -0.39 is 0 Å². The van der Waals surface area contributed by atoms with Crippen molar-refractivity contribution in [3.63, 3.8) is 0 Å². The number of ether oxygens (including phenoxy) is 1. The van der Waals surface area contributed by atoms with Gasteiger partial charge in [0, 0.05) is 31.9 Å². The predicted molar refractivity (Wildman–Crippen MR) is 90.2 cm³/mol. The Labute approximate surface area is 133 Å². The summed E-state index contributed by atoms with van der Waals surface area (Å²) in [6.45, 7) is 4.88. The van der Waals surface area contributed by atoms with Crippen LogP contribution < -0.4 is 15.4 Å². The van der Waals surface area contributed by atoms with Gasteiger partial charge in [0.25, 0.3) is 0 Å². The van der Waals surface area contributed by atoms with Crippen LogP contribution in [0.2, 0.25) is 0 Å². The minimum atomic E-state index is 0.347. The largest absolute Gasteiger partial charge is 0.474 e. The SMILES string of the molecule is CN=C(NCc1ccc(OC2CCCCC2)nc1)NC(C)C. The first kappa shape index (κ1) is 16.6. The Kier molecular flexibility index (Phi) is 6.49. The van der Waals surface area contributed by atoms with E-state index in [2.05, 4.69) is 40.5 Å². The second kappa shape index (κ2) is 8.61. The highest BCUT2D eigenvalue weighted by atomic mass is 16.5. The van der Waals surface area contributed by atoms with Crippen LogP contribution in [0, 0.1) is 0 Å². The van der Waals surface area contributed by atoms with Gasteiger partial charge in [0.2, 0.25) is 5.88 Å². The number of nitrogens with zero attached hydrogens (tertiary/aromatic N) is 2. The third kappa shape index (κ3) is 5.54. The Morgan fingerprint density at radius 2 is 2.09 bits per heavy atom. The molecule has 0 spiro atoms. The molecule has 1 saturated carbocycles. The molecule has 1 fully saturated rings. The van der Waals surface area contributed by atoms with E-state index in [4.69, 9.17) is 4.74 Å². The van der Waals surface area contributed by atoms with E-state index in [1.807, 2.05) is 12.3 Å². The van der Waals surface area contributed by atoms with Gasteiger partial charge in [0.05, 0.1) is 0 Å². The zero-order valence-corrected chi connectivity index (χ0v) is 13.9. The minimum Gasteiger partial charge on any atom is -0.474 e. The summed E-state index contributed by atoms with van der Waals surface area (Å²) in [5.74, 6) is 1.54. The second-order valence-electron chi connectivity index (χ2n) is 6.11. The second-order valence-corrected chi connectivity index (χ2v) is 6.11. The lowest BCUT2D eigenvalue weighted by Gasteiger charge is -2.22. The molecule has 1 heterocycles. The van der Waals surface area contributed by atoms with Crippen molar-refractivity contribution in [2.45, 2.75) is 64.6 Å². The molecule has 0 atom stereocenters. The van der Waals surface area contributed by atoms with Crippen LogP contribution in [0.4, 0.5) is 0 Å². The average molecular weight is 304 g/mol. The van der Waals surface area contributed by atoms with Crippen molar-refractivity contribution in [1.82, 2.24) is 15.6 Å². The fourth-order valence-corrected chi connectivity index (χ4v) is 2.59. The maximum atomic E-state index is 5.94. The molecular weight excluding hydrogens is 276 g/mol. The number of pyridine rings is 1. The molecule has 1 aromatic heterocycles. The highest BCUT2D eigenvalue weighted by Crippen LogP contribution is 2.22. The number of aromatic nitrogens is 1. The van der Waals surface area contributed by atoms with Crippen molar-refractivity contribution in [3.05, 3.63) is 23.9 Å². The molecule has 0 unspecified atom stereocenters. The van der Waals surface area contributed by atoms with E-state index in [1.54, 1.807) is 7.05 Å². The third-order valence-electron chi connectivity index (χ3n) is 3.75. The van der Waals surface area contributed by atoms with Gasteiger partial charge in [-0.25, -0.2) is 4.98 Å². The topological polar surface area (TPSA) is 58.5 Å². The molecule has 0 radical (unpaired) electrons. The Bertz CT molecular complexity index is 464. The molecule has 0 amide bonds. The summed E-state index contributed by atoms with van der Waals surface area (Å²) in [6, 6.07) is 4.38. The summed E-state index contributed by atoms with van der Waals surface area (Å²) in [7, 11) is 1.77. The van der Waals surface area contributed by atoms with E-state index in [0.29, 0.717) is 18.7 Å². The Morgan fingerprint density at radius 3 is 2.68 bits per heavy atom. The first-order valence-corrected chi connectivity index (χ1v) is 8.26. The highest BCUT2D eigenvalue weighted by Gasteiger charge is 2.15. The van der Waals surface area contributed by atoms with Gasteiger partial charge in [-0.1, -0.05) is 12.5 Å². The number of nitrogens with one attached hydrogen (secondary N) is 2. The lowest BCUT2D eigenvalue weighted by Crippen LogP contribution is -2.40. The van der Waals surface area contributed by atoms with Crippen LogP contribution in [0.5, 0.6) is 5.88 Å². The van der Waals surface area contributed by atoms with E-state index in [0.717, 1.165) is 30.2 Å². The number of hydrogen-bond donors (Lipinski definition) is 2. The molecule has 122 valence electrons. The van der Waals surface area contributed by atoms with Crippen molar-refractivity contribution < 1.29 is 4.74 Å². The molecule has 2 rings (SSSR count). The maximum absolute atomic E-state index is 5.94. The smallest absolute Gasteiger partial charge is 0.213 e. The normalized spacial score (nSPS) is 16.6. The van der Waals surface area contributed by atoms with Gasteiger partial charge in [0.15, 0.2) is 5.96 Å². The zero-order chi connectivity index (χ0) is 15.8. The summed E-state index contributed by atoms with van der Waals surface area (Å²) >= 11 is 0. The summed E-state index contributed by atoms with van der Waals surface area (Å²) < 4.78 is 5.94. The number of guanidine groups is 1. The summed E-state index contributed by atoms with van der Waals surface area (Å²) in [5, 5.41) is 6.54. The van der Waals surface area contributed by atoms with Crippen molar-refractivity contribution >= 4 is 5.96 Å². The highest BCUT2D eigenvalue weighted by molar-refractivity contribution is 5.79. The zero-order valence-electron chi connectivity index (χ0n) is 13.9. The Balaban J connectivity index is 1.81. The maximum Gasteiger partial charge on any atom is 0.213 e. The van der Waals surface area contributed by atoms with Crippen molar-refractivity contribution in [3.8, 4) is 5.88 Å². The molecule has 0 saturated heterocycles. The molecule has 1 aliphatic carbocycles. The molecule has 0 bridgehead atoms. The van der Waals surface area contributed by atoms with Gasteiger partial charge in [-0.15, -0.1) is 0 Å². The van der Waals surface area contributed by atoms with Crippen LogP contribution in [0.15, 0.2) is 23.3 Å². The number of aliphatic imine (C=N–C) groups is 1. The van der Waals surface area contributed by atoms with Gasteiger partial charge < -0.3 is 15.4 Å². The average Bonchev–Trinajstić information content (AvgIpc) is 2.53. The molecule has 22 heavy (non-hydrogen) atoms. The van der Waals surface area contributed by atoms with Crippen molar-refractivity contribution in [2.75, 3.05) is 7.05 Å². The molecule has 0 aromatic carbocycles. The van der Waals surface area contributed by atoms with Gasteiger partial charge in [-0.05, 0) is 45.1 Å². The van der Waals surface area contributed by atoms with Gasteiger partial charge in [0.1, 0.15) is 6.10 Å². The molecule has 1 aliphatic rings. The summed E-state index contributed by atoms with van der Waals surface area (Å²) in [4.78, 5) is 8.60. The van der Waals surface area contributed by atoms with Crippen LogP contribution in [-0.2, 0) is 6.54 Å². The van der Waals surface area contributed by atoms with Gasteiger partial charge in [-0.3, -0.25) is 4.99 Å². The predicted octanol–water partition coefficient (Wildman–Crippen LogP) is 2.87. The third-order valence-corrected chi connectivity index (χ3v) is 3.75. The molecule has 1 aromatic rings. The standard InChI is InChI=1S/C17H28N4O/c1-13(2)21-17(18-3)20-12-14-9-10-16(19-11-14)22-15-7-5-4-6-8-15/h9-11,13,15H,4-8,12H2,1-3H3,(H2,18,20,21). The van der Waals surface area contributed by atoms with Crippen LogP contribution >= 0.6 is 0 Å². The van der Waals surface area contributed by atoms with Crippen LogP contribution in [-0.4, -0.2) is 30.1 Å². The van der Waals surface area contributed by atoms with E-state index >= 15 is 0 Å². The Hall–Kier alpha value is -1.78.